The minimum absolute atomic E-state index is 0.540. The zero-order valence-electron chi connectivity index (χ0n) is 14.6. The number of anilines is 1. The van der Waals surface area contributed by atoms with E-state index in [0.29, 0.717) is 19.8 Å². The van der Waals surface area contributed by atoms with Gasteiger partial charge in [0, 0.05) is 6.54 Å². The fourth-order valence-electron chi connectivity index (χ4n) is 3.23. The molecule has 1 N–H and O–H groups in total. The molecule has 0 bridgehead atoms. The van der Waals surface area contributed by atoms with E-state index >= 15 is 0 Å². The molecule has 7 heteroatoms. The third-order valence-corrected chi connectivity index (χ3v) is 4.58. The Balaban J connectivity index is 1.58. The maximum absolute atomic E-state index is 5.41. The van der Waals surface area contributed by atoms with Crippen molar-refractivity contribution >= 4 is 5.69 Å². The molecule has 0 radical (unpaired) electrons. The molecule has 0 unspecified atom stereocenters. The van der Waals surface area contributed by atoms with Crippen molar-refractivity contribution in [1.82, 2.24) is 24.5 Å². The molecule has 0 atom stereocenters. The van der Waals surface area contributed by atoms with E-state index in [0.717, 1.165) is 41.7 Å². The molecule has 0 spiro atoms. The molecule has 7 nitrogen and oxygen atoms in total. The van der Waals surface area contributed by atoms with Crippen LogP contribution in [-0.2, 0) is 30.9 Å². The highest BCUT2D eigenvalue weighted by molar-refractivity contribution is 5.51. The molecule has 0 amide bonds. The second-order valence-corrected chi connectivity index (χ2v) is 6.15. The van der Waals surface area contributed by atoms with Crippen LogP contribution in [-0.4, -0.2) is 31.2 Å². The first kappa shape index (κ1) is 15.8. The summed E-state index contributed by atoms with van der Waals surface area (Å²) in [6.45, 7) is 6.94. The smallest absolute Gasteiger partial charge is 0.159 e. The van der Waals surface area contributed by atoms with Crippen LogP contribution < -0.4 is 5.32 Å². The summed E-state index contributed by atoms with van der Waals surface area (Å²) in [6.07, 6.45) is 2.78. The fraction of sp³-hybridized carbons (Fsp3) is 0.389. The van der Waals surface area contributed by atoms with Crippen molar-refractivity contribution in [2.45, 2.75) is 40.0 Å². The Morgan fingerprint density at radius 1 is 1.24 bits per heavy atom. The number of hydrogen-bond donors (Lipinski definition) is 1. The van der Waals surface area contributed by atoms with Crippen LogP contribution in [0, 0.1) is 6.92 Å². The summed E-state index contributed by atoms with van der Waals surface area (Å²) in [6, 6.07) is 8.29. The molecule has 3 aromatic rings. The van der Waals surface area contributed by atoms with Crippen molar-refractivity contribution in [2.75, 3.05) is 11.9 Å². The molecular weight excluding hydrogens is 316 g/mol. The van der Waals surface area contributed by atoms with Gasteiger partial charge in [-0.3, -0.25) is 0 Å². The second-order valence-electron chi connectivity index (χ2n) is 6.15. The van der Waals surface area contributed by atoms with Crippen molar-refractivity contribution in [3.8, 4) is 5.69 Å². The summed E-state index contributed by atoms with van der Waals surface area (Å²) in [4.78, 5) is 0. The first-order chi connectivity index (χ1) is 12.3. The van der Waals surface area contributed by atoms with Crippen LogP contribution in [0.1, 0.15) is 29.8 Å². The van der Waals surface area contributed by atoms with Gasteiger partial charge in [-0.2, -0.15) is 5.10 Å². The van der Waals surface area contributed by atoms with E-state index in [9.17, 15) is 0 Å². The predicted molar refractivity (Wildman–Crippen MR) is 94.7 cm³/mol. The molecule has 2 aromatic heterocycles. The van der Waals surface area contributed by atoms with Gasteiger partial charge in [-0.05, 0) is 25.0 Å². The number of aryl methyl sites for hydroxylation is 1. The number of nitrogens with zero attached hydrogens (tertiary/aromatic N) is 5. The number of aromatic nitrogens is 5. The van der Waals surface area contributed by atoms with Gasteiger partial charge in [0.05, 0.1) is 36.4 Å². The third kappa shape index (κ3) is 2.91. The van der Waals surface area contributed by atoms with E-state index < -0.39 is 0 Å². The van der Waals surface area contributed by atoms with Crippen LogP contribution in [0.3, 0.4) is 0 Å². The van der Waals surface area contributed by atoms with Gasteiger partial charge in [0.25, 0.3) is 0 Å². The largest absolute Gasteiger partial charge is 0.375 e. The molecule has 1 aliphatic heterocycles. The van der Waals surface area contributed by atoms with Gasteiger partial charge < -0.3 is 14.6 Å². The Labute approximate surface area is 146 Å². The molecule has 1 aliphatic rings. The minimum Gasteiger partial charge on any atom is -0.375 e. The zero-order chi connectivity index (χ0) is 17.2. The second kappa shape index (κ2) is 6.68. The predicted octanol–water partition coefficient (Wildman–Crippen LogP) is 2.48. The average molecular weight is 338 g/mol. The SMILES string of the molecule is CCc1c(NCc2nnc3n2CCOC3)cnn1-c1ccccc1C. The maximum Gasteiger partial charge on any atom is 0.159 e. The van der Waals surface area contributed by atoms with E-state index in [2.05, 4.69) is 51.2 Å². The lowest BCUT2D eigenvalue weighted by atomic mass is 10.2. The van der Waals surface area contributed by atoms with Crippen molar-refractivity contribution in [2.24, 2.45) is 0 Å². The van der Waals surface area contributed by atoms with Gasteiger partial charge in [-0.15, -0.1) is 10.2 Å². The first-order valence-corrected chi connectivity index (χ1v) is 8.63. The average Bonchev–Trinajstić information content (AvgIpc) is 3.24. The van der Waals surface area contributed by atoms with Crippen LogP contribution in [0.5, 0.6) is 0 Å². The molecule has 4 rings (SSSR count). The van der Waals surface area contributed by atoms with Crippen LogP contribution in [0.25, 0.3) is 5.69 Å². The topological polar surface area (TPSA) is 69.8 Å². The number of benzene rings is 1. The van der Waals surface area contributed by atoms with Gasteiger partial charge in [0.1, 0.15) is 6.61 Å². The highest BCUT2D eigenvalue weighted by atomic mass is 16.5. The number of rotatable bonds is 5. The van der Waals surface area contributed by atoms with Gasteiger partial charge in [-0.25, -0.2) is 4.68 Å². The first-order valence-electron chi connectivity index (χ1n) is 8.63. The number of fused-ring (bicyclic) bond motifs is 1. The lowest BCUT2D eigenvalue weighted by Gasteiger charge is -2.16. The van der Waals surface area contributed by atoms with Crippen molar-refractivity contribution in [1.29, 1.82) is 0 Å². The van der Waals surface area contributed by atoms with Crippen molar-refractivity contribution in [3.63, 3.8) is 0 Å². The molecule has 3 heterocycles. The standard InChI is InChI=1S/C18H22N6O/c1-3-15-14(10-20-24(15)16-7-5-4-6-13(16)2)19-11-17-21-22-18-12-25-9-8-23(17)18/h4-7,10,19H,3,8-9,11-12H2,1-2H3. The van der Waals surface area contributed by atoms with Crippen LogP contribution in [0.4, 0.5) is 5.69 Å². The van der Waals surface area contributed by atoms with Gasteiger partial charge in [-0.1, -0.05) is 25.1 Å². The lowest BCUT2D eigenvalue weighted by molar-refractivity contribution is 0.0807. The van der Waals surface area contributed by atoms with E-state index in [-0.39, 0.29) is 0 Å². The maximum atomic E-state index is 5.41. The normalized spacial score (nSPS) is 13.7. The van der Waals surface area contributed by atoms with Crippen LogP contribution in [0.15, 0.2) is 30.5 Å². The van der Waals surface area contributed by atoms with Crippen molar-refractivity contribution in [3.05, 3.63) is 53.4 Å². The number of para-hydroxylation sites is 1. The molecular formula is C18H22N6O. The third-order valence-electron chi connectivity index (χ3n) is 4.58. The van der Waals surface area contributed by atoms with E-state index in [1.165, 1.54) is 5.56 Å². The Morgan fingerprint density at radius 2 is 2.12 bits per heavy atom. The minimum atomic E-state index is 0.540. The molecule has 130 valence electrons. The number of hydrogen-bond acceptors (Lipinski definition) is 5. The molecule has 25 heavy (non-hydrogen) atoms. The Kier molecular flexibility index (Phi) is 4.23. The molecule has 1 aromatic carbocycles. The van der Waals surface area contributed by atoms with Crippen LogP contribution >= 0.6 is 0 Å². The highest BCUT2D eigenvalue weighted by Crippen LogP contribution is 2.22. The molecule has 0 fully saturated rings. The van der Waals surface area contributed by atoms with E-state index in [1.54, 1.807) is 0 Å². The Morgan fingerprint density at radius 3 is 2.96 bits per heavy atom. The van der Waals surface area contributed by atoms with Gasteiger partial charge in [0.15, 0.2) is 11.6 Å². The highest BCUT2D eigenvalue weighted by Gasteiger charge is 2.17. The Bertz CT molecular complexity index is 882. The monoisotopic (exact) mass is 338 g/mol. The zero-order valence-corrected chi connectivity index (χ0v) is 14.6. The van der Waals surface area contributed by atoms with E-state index in [4.69, 9.17) is 4.74 Å². The summed E-state index contributed by atoms with van der Waals surface area (Å²) in [5.74, 6) is 1.83. The van der Waals surface area contributed by atoms with E-state index in [1.807, 2.05) is 23.0 Å². The lowest BCUT2D eigenvalue weighted by Crippen LogP contribution is -2.20. The summed E-state index contributed by atoms with van der Waals surface area (Å²) < 4.78 is 9.57. The number of nitrogens with one attached hydrogen (secondary N) is 1. The number of ether oxygens (including phenoxy) is 1. The van der Waals surface area contributed by atoms with Crippen molar-refractivity contribution < 1.29 is 4.74 Å². The van der Waals surface area contributed by atoms with Crippen LogP contribution in [0.2, 0.25) is 0 Å². The Hall–Kier alpha value is -2.67. The summed E-state index contributed by atoms with van der Waals surface area (Å²) in [5, 5.41) is 16.6. The van der Waals surface area contributed by atoms with Gasteiger partial charge >= 0.3 is 0 Å². The van der Waals surface area contributed by atoms with Gasteiger partial charge in [0.2, 0.25) is 0 Å². The summed E-state index contributed by atoms with van der Waals surface area (Å²) in [5.41, 5.74) is 4.52. The summed E-state index contributed by atoms with van der Waals surface area (Å²) >= 11 is 0. The summed E-state index contributed by atoms with van der Waals surface area (Å²) in [7, 11) is 0. The fourth-order valence-corrected chi connectivity index (χ4v) is 3.23. The molecule has 0 saturated carbocycles. The quantitative estimate of drug-likeness (QED) is 0.774. The molecule has 0 aliphatic carbocycles. The molecule has 0 saturated heterocycles.